The number of nitrogens with zero attached hydrogens (tertiary/aromatic N) is 2. The van der Waals surface area contributed by atoms with Gasteiger partial charge in [-0.2, -0.15) is 0 Å². The molecular formula is C13H11N3O4. The number of aromatic carboxylic acids is 1. The topological polar surface area (TPSA) is 101 Å². The second kappa shape index (κ2) is 5.79. The number of esters is 1. The van der Waals surface area contributed by atoms with Gasteiger partial charge in [-0.05, 0) is 18.2 Å². The molecule has 0 saturated heterocycles. The second-order valence-electron chi connectivity index (χ2n) is 3.79. The average Bonchev–Trinajstić information content (AvgIpc) is 2.47. The van der Waals surface area contributed by atoms with Crippen molar-refractivity contribution in [2.45, 2.75) is 0 Å². The van der Waals surface area contributed by atoms with Crippen molar-refractivity contribution in [2.75, 3.05) is 12.4 Å². The Labute approximate surface area is 114 Å². The summed E-state index contributed by atoms with van der Waals surface area (Å²) in [5.41, 5.74) is 0.736. The van der Waals surface area contributed by atoms with Gasteiger partial charge in [-0.15, -0.1) is 0 Å². The fraction of sp³-hybridized carbons (Fsp3) is 0.0769. The van der Waals surface area contributed by atoms with Crippen molar-refractivity contribution in [1.82, 2.24) is 9.97 Å². The standard InChI is InChI=1S/C13H11N3O4/c1-20-13(19)10-6-14-7-11(16-10)15-9-4-2-3-8(5-9)12(17)18/h2-7H,1H3,(H,15,16)(H,17,18). The van der Waals surface area contributed by atoms with Crippen LogP contribution in [0.1, 0.15) is 20.8 Å². The summed E-state index contributed by atoms with van der Waals surface area (Å²) >= 11 is 0. The van der Waals surface area contributed by atoms with Crippen molar-refractivity contribution in [3.8, 4) is 0 Å². The number of carbonyl (C=O) groups excluding carboxylic acids is 1. The van der Waals surface area contributed by atoms with Gasteiger partial charge in [-0.1, -0.05) is 6.07 Å². The Hall–Kier alpha value is -2.96. The molecule has 102 valence electrons. The molecule has 0 atom stereocenters. The molecule has 0 bridgehead atoms. The zero-order chi connectivity index (χ0) is 14.5. The van der Waals surface area contributed by atoms with Gasteiger partial charge in [0.25, 0.3) is 0 Å². The summed E-state index contributed by atoms with van der Waals surface area (Å²) in [6.45, 7) is 0. The van der Waals surface area contributed by atoms with Crippen molar-refractivity contribution in [3.05, 3.63) is 47.9 Å². The number of carboxylic acids is 1. The third-order valence-corrected chi connectivity index (χ3v) is 2.41. The lowest BCUT2D eigenvalue weighted by atomic mass is 10.2. The molecule has 1 aromatic carbocycles. The smallest absolute Gasteiger partial charge is 0.358 e. The van der Waals surface area contributed by atoms with Crippen LogP contribution in [0.3, 0.4) is 0 Å². The van der Waals surface area contributed by atoms with E-state index in [1.807, 2.05) is 0 Å². The molecule has 7 nitrogen and oxygen atoms in total. The van der Waals surface area contributed by atoms with E-state index in [2.05, 4.69) is 20.0 Å². The zero-order valence-electron chi connectivity index (χ0n) is 10.5. The minimum atomic E-state index is -1.02. The molecule has 0 saturated carbocycles. The first-order valence-electron chi connectivity index (χ1n) is 5.61. The van der Waals surface area contributed by atoms with Crippen molar-refractivity contribution < 1.29 is 19.4 Å². The molecule has 0 aliphatic carbocycles. The minimum Gasteiger partial charge on any atom is -0.478 e. The Balaban J connectivity index is 2.24. The average molecular weight is 273 g/mol. The Kier molecular flexibility index (Phi) is 3.90. The van der Waals surface area contributed by atoms with Crippen LogP contribution in [0.15, 0.2) is 36.7 Å². The van der Waals surface area contributed by atoms with E-state index in [-0.39, 0.29) is 11.3 Å². The predicted octanol–water partition coefficient (Wildman–Crippen LogP) is 1.70. The lowest BCUT2D eigenvalue weighted by molar-refractivity contribution is 0.0593. The van der Waals surface area contributed by atoms with Gasteiger partial charge in [-0.25, -0.2) is 14.6 Å². The van der Waals surface area contributed by atoms with Crippen LogP contribution in [0.5, 0.6) is 0 Å². The minimum absolute atomic E-state index is 0.0619. The number of hydrogen-bond acceptors (Lipinski definition) is 6. The summed E-state index contributed by atoms with van der Waals surface area (Å²) in [6, 6.07) is 6.21. The van der Waals surface area contributed by atoms with E-state index in [4.69, 9.17) is 5.11 Å². The summed E-state index contributed by atoms with van der Waals surface area (Å²) < 4.78 is 4.55. The zero-order valence-corrected chi connectivity index (χ0v) is 10.5. The van der Waals surface area contributed by atoms with Crippen molar-refractivity contribution in [3.63, 3.8) is 0 Å². The van der Waals surface area contributed by atoms with Gasteiger partial charge < -0.3 is 15.2 Å². The van der Waals surface area contributed by atoms with Gasteiger partial charge in [0.1, 0.15) is 5.82 Å². The van der Waals surface area contributed by atoms with E-state index >= 15 is 0 Å². The maximum Gasteiger partial charge on any atom is 0.358 e. The highest BCUT2D eigenvalue weighted by Crippen LogP contribution is 2.16. The first kappa shape index (κ1) is 13.5. The van der Waals surface area contributed by atoms with E-state index < -0.39 is 11.9 Å². The third-order valence-electron chi connectivity index (χ3n) is 2.41. The molecular weight excluding hydrogens is 262 g/mol. The SMILES string of the molecule is COC(=O)c1cncc(Nc2cccc(C(=O)O)c2)n1. The molecule has 2 N–H and O–H groups in total. The van der Waals surface area contributed by atoms with Gasteiger partial charge in [0.05, 0.1) is 25.1 Å². The highest BCUT2D eigenvalue weighted by molar-refractivity contribution is 5.89. The molecule has 2 rings (SSSR count). The van der Waals surface area contributed by atoms with Crippen LogP contribution in [0.25, 0.3) is 0 Å². The molecule has 0 aliphatic heterocycles. The lowest BCUT2D eigenvalue weighted by Gasteiger charge is -2.06. The van der Waals surface area contributed by atoms with Crippen LogP contribution in [0.2, 0.25) is 0 Å². The van der Waals surface area contributed by atoms with Crippen molar-refractivity contribution in [1.29, 1.82) is 0 Å². The highest BCUT2D eigenvalue weighted by Gasteiger charge is 2.09. The summed E-state index contributed by atoms with van der Waals surface area (Å²) in [5.74, 6) is -1.31. The number of carboxylic acid groups (broad SMARTS) is 1. The summed E-state index contributed by atoms with van der Waals surface area (Å²) in [4.78, 5) is 30.1. The van der Waals surface area contributed by atoms with Crippen LogP contribution in [0.4, 0.5) is 11.5 Å². The van der Waals surface area contributed by atoms with E-state index in [0.717, 1.165) is 0 Å². The number of benzene rings is 1. The predicted molar refractivity (Wildman–Crippen MR) is 70.1 cm³/mol. The lowest BCUT2D eigenvalue weighted by Crippen LogP contribution is -2.07. The number of hydrogen-bond donors (Lipinski definition) is 2. The Bertz CT molecular complexity index is 658. The largest absolute Gasteiger partial charge is 0.478 e. The monoisotopic (exact) mass is 273 g/mol. The number of aromatic nitrogens is 2. The van der Waals surface area contributed by atoms with E-state index in [1.54, 1.807) is 12.1 Å². The van der Waals surface area contributed by atoms with E-state index in [0.29, 0.717) is 11.5 Å². The van der Waals surface area contributed by atoms with Crippen LogP contribution < -0.4 is 5.32 Å². The van der Waals surface area contributed by atoms with Crippen LogP contribution >= 0.6 is 0 Å². The van der Waals surface area contributed by atoms with E-state index in [1.165, 1.54) is 31.6 Å². The van der Waals surface area contributed by atoms with Gasteiger partial charge in [-0.3, -0.25) is 4.98 Å². The number of carbonyl (C=O) groups is 2. The fourth-order valence-electron chi connectivity index (χ4n) is 1.51. The first-order chi connectivity index (χ1) is 9.60. The molecule has 1 heterocycles. The first-order valence-corrected chi connectivity index (χ1v) is 5.61. The molecule has 1 aromatic heterocycles. The molecule has 2 aromatic rings. The quantitative estimate of drug-likeness (QED) is 0.817. The molecule has 0 radical (unpaired) electrons. The Morgan fingerprint density at radius 3 is 2.80 bits per heavy atom. The van der Waals surface area contributed by atoms with Gasteiger partial charge >= 0.3 is 11.9 Å². The van der Waals surface area contributed by atoms with E-state index in [9.17, 15) is 9.59 Å². The van der Waals surface area contributed by atoms with Gasteiger partial charge in [0.2, 0.25) is 0 Å². The summed E-state index contributed by atoms with van der Waals surface area (Å²) in [7, 11) is 1.25. The number of ether oxygens (including phenoxy) is 1. The third kappa shape index (κ3) is 3.08. The Morgan fingerprint density at radius 2 is 2.10 bits per heavy atom. The molecule has 0 amide bonds. The van der Waals surface area contributed by atoms with Crippen molar-refractivity contribution >= 4 is 23.4 Å². The molecule has 0 unspecified atom stereocenters. The van der Waals surface area contributed by atoms with Gasteiger partial charge in [0.15, 0.2) is 5.69 Å². The number of methoxy groups -OCH3 is 1. The molecule has 0 aliphatic rings. The van der Waals surface area contributed by atoms with Gasteiger partial charge in [0, 0.05) is 5.69 Å². The second-order valence-corrected chi connectivity index (χ2v) is 3.79. The van der Waals surface area contributed by atoms with Crippen molar-refractivity contribution in [2.24, 2.45) is 0 Å². The maximum absolute atomic E-state index is 11.3. The Morgan fingerprint density at radius 1 is 1.30 bits per heavy atom. The molecule has 7 heteroatoms. The van der Waals surface area contributed by atoms with Crippen LogP contribution in [-0.2, 0) is 4.74 Å². The molecule has 0 fully saturated rings. The number of anilines is 2. The highest BCUT2D eigenvalue weighted by atomic mass is 16.5. The van der Waals surface area contributed by atoms with Crippen LogP contribution in [0, 0.1) is 0 Å². The van der Waals surface area contributed by atoms with Crippen LogP contribution in [-0.4, -0.2) is 34.1 Å². The number of nitrogens with one attached hydrogen (secondary N) is 1. The molecule has 0 spiro atoms. The number of rotatable bonds is 4. The maximum atomic E-state index is 11.3. The summed E-state index contributed by atoms with van der Waals surface area (Å²) in [5, 5.41) is 11.8. The summed E-state index contributed by atoms with van der Waals surface area (Å²) in [6.07, 6.45) is 2.70. The fourth-order valence-corrected chi connectivity index (χ4v) is 1.51. The molecule has 20 heavy (non-hydrogen) atoms. The normalized spacial score (nSPS) is 9.85.